The van der Waals surface area contributed by atoms with Crippen LogP contribution in [-0.4, -0.2) is 12.4 Å². The maximum Gasteiger partial charge on any atom is 0.171 e. The van der Waals surface area contributed by atoms with Crippen molar-refractivity contribution in [1.82, 2.24) is 0 Å². The molecule has 0 aliphatic carbocycles. The van der Waals surface area contributed by atoms with E-state index in [1.807, 2.05) is 13.0 Å². The highest BCUT2D eigenvalue weighted by Gasteiger charge is 2.14. The zero-order chi connectivity index (χ0) is 14.4. The van der Waals surface area contributed by atoms with Gasteiger partial charge in [0, 0.05) is 6.42 Å². The summed E-state index contributed by atoms with van der Waals surface area (Å²) in [6, 6.07) is 13.4. The van der Waals surface area contributed by atoms with E-state index in [4.69, 9.17) is 4.74 Å². The average molecular weight is 272 g/mol. The van der Waals surface area contributed by atoms with Gasteiger partial charge in [-0.1, -0.05) is 37.3 Å². The van der Waals surface area contributed by atoms with Crippen LogP contribution in [0.1, 0.15) is 29.3 Å². The van der Waals surface area contributed by atoms with E-state index < -0.39 is 0 Å². The molecule has 0 saturated carbocycles. The van der Waals surface area contributed by atoms with E-state index in [0.717, 1.165) is 6.42 Å². The molecule has 0 radical (unpaired) electrons. The second-order valence-corrected chi connectivity index (χ2v) is 4.54. The highest BCUT2D eigenvalue weighted by Crippen LogP contribution is 2.21. The van der Waals surface area contributed by atoms with Crippen LogP contribution >= 0.6 is 0 Å². The molecule has 0 unspecified atom stereocenters. The molecule has 0 N–H and O–H groups in total. The maximum absolute atomic E-state index is 13.6. The van der Waals surface area contributed by atoms with E-state index in [1.165, 1.54) is 6.07 Å². The third-order valence-corrected chi connectivity index (χ3v) is 2.96. The number of rotatable bonds is 6. The zero-order valence-corrected chi connectivity index (χ0v) is 11.4. The monoisotopic (exact) mass is 272 g/mol. The number of halogens is 1. The van der Waals surface area contributed by atoms with Gasteiger partial charge in [0.05, 0.1) is 12.2 Å². The van der Waals surface area contributed by atoms with Crippen molar-refractivity contribution in [3.05, 3.63) is 65.5 Å². The van der Waals surface area contributed by atoms with Crippen LogP contribution in [-0.2, 0) is 6.42 Å². The maximum atomic E-state index is 13.6. The van der Waals surface area contributed by atoms with E-state index in [-0.39, 0.29) is 18.0 Å². The molecule has 0 saturated heterocycles. The highest BCUT2D eigenvalue weighted by molar-refractivity contribution is 5.99. The fraction of sp³-hybridized carbons (Fsp3) is 0.235. The van der Waals surface area contributed by atoms with E-state index >= 15 is 0 Å². The first-order valence-corrected chi connectivity index (χ1v) is 6.70. The predicted octanol–water partition coefficient (Wildman–Crippen LogP) is 4.04. The third-order valence-electron chi connectivity index (χ3n) is 2.96. The molecule has 0 aromatic heterocycles. The van der Waals surface area contributed by atoms with Crippen molar-refractivity contribution >= 4 is 5.78 Å². The molecule has 2 aromatic rings. The first-order valence-electron chi connectivity index (χ1n) is 6.70. The Bertz CT molecular complexity index is 593. The van der Waals surface area contributed by atoms with Gasteiger partial charge < -0.3 is 4.74 Å². The summed E-state index contributed by atoms with van der Waals surface area (Å²) in [6.07, 6.45) is 0.912. The molecule has 0 aliphatic rings. The molecule has 0 heterocycles. The molecule has 2 aromatic carbocycles. The smallest absolute Gasteiger partial charge is 0.171 e. The number of carbonyl (C=O) groups excluding carboxylic acids is 1. The molecule has 0 bridgehead atoms. The standard InChI is InChI=1S/C17H17FO2/c1-2-11-20-17-10-6-4-8-14(17)16(19)12-13-7-3-5-9-15(13)18/h3-10H,2,11-12H2,1H3. The van der Waals surface area contributed by atoms with Gasteiger partial charge >= 0.3 is 0 Å². The first kappa shape index (κ1) is 14.3. The predicted molar refractivity (Wildman–Crippen MR) is 76.7 cm³/mol. The van der Waals surface area contributed by atoms with Crippen LogP contribution in [0, 0.1) is 5.82 Å². The Kier molecular flexibility index (Phi) is 4.88. The SMILES string of the molecule is CCCOc1ccccc1C(=O)Cc1ccccc1F. The molecule has 2 nitrogen and oxygen atoms in total. The van der Waals surface area contributed by atoms with Crippen LogP contribution in [0.5, 0.6) is 5.75 Å². The number of hydrogen-bond donors (Lipinski definition) is 0. The van der Waals surface area contributed by atoms with Crippen molar-refractivity contribution in [2.45, 2.75) is 19.8 Å². The summed E-state index contributed by atoms with van der Waals surface area (Å²) in [6.45, 7) is 2.56. The van der Waals surface area contributed by atoms with Crippen LogP contribution in [0.15, 0.2) is 48.5 Å². The second-order valence-electron chi connectivity index (χ2n) is 4.54. The molecule has 3 heteroatoms. The van der Waals surface area contributed by atoms with Gasteiger partial charge in [0.2, 0.25) is 0 Å². The first-order chi connectivity index (χ1) is 9.72. The summed E-state index contributed by atoms with van der Waals surface area (Å²) in [5.41, 5.74) is 0.909. The molecule has 2 rings (SSSR count). The normalized spacial score (nSPS) is 10.3. The minimum atomic E-state index is -0.354. The Morgan fingerprint density at radius 3 is 2.55 bits per heavy atom. The lowest BCUT2D eigenvalue weighted by atomic mass is 10.0. The van der Waals surface area contributed by atoms with Crippen molar-refractivity contribution in [2.75, 3.05) is 6.61 Å². The zero-order valence-electron chi connectivity index (χ0n) is 11.4. The molecule has 0 fully saturated rings. The van der Waals surface area contributed by atoms with Gasteiger partial charge in [-0.05, 0) is 30.2 Å². The highest BCUT2D eigenvalue weighted by atomic mass is 19.1. The van der Waals surface area contributed by atoms with Gasteiger partial charge in [-0.2, -0.15) is 0 Å². The topological polar surface area (TPSA) is 26.3 Å². The fourth-order valence-electron chi connectivity index (χ4n) is 1.94. The van der Waals surface area contributed by atoms with Crippen molar-refractivity contribution in [3.63, 3.8) is 0 Å². The van der Waals surface area contributed by atoms with E-state index in [0.29, 0.717) is 23.5 Å². The number of benzene rings is 2. The van der Waals surface area contributed by atoms with Crippen molar-refractivity contribution in [3.8, 4) is 5.75 Å². The van der Waals surface area contributed by atoms with Gasteiger partial charge in [0.1, 0.15) is 11.6 Å². The summed E-state index contributed by atoms with van der Waals surface area (Å²) in [4.78, 5) is 12.3. The molecule has 0 aliphatic heterocycles. The molecule has 0 amide bonds. The summed E-state index contributed by atoms with van der Waals surface area (Å²) >= 11 is 0. The van der Waals surface area contributed by atoms with Gasteiger partial charge in [-0.3, -0.25) is 4.79 Å². The Labute approximate surface area is 118 Å². The molecule has 0 spiro atoms. The van der Waals surface area contributed by atoms with Crippen LogP contribution in [0.4, 0.5) is 4.39 Å². The second kappa shape index (κ2) is 6.85. The molecule has 20 heavy (non-hydrogen) atoms. The average Bonchev–Trinajstić information content (AvgIpc) is 2.47. The lowest BCUT2D eigenvalue weighted by Gasteiger charge is -2.10. The fourth-order valence-corrected chi connectivity index (χ4v) is 1.94. The molecule has 0 atom stereocenters. The number of Topliss-reactive ketones (excluding diaryl/α,β-unsaturated/α-hetero) is 1. The number of ether oxygens (including phenoxy) is 1. The number of ketones is 1. The van der Waals surface area contributed by atoms with Gasteiger partial charge in [-0.25, -0.2) is 4.39 Å². The van der Waals surface area contributed by atoms with E-state index in [9.17, 15) is 9.18 Å². The van der Waals surface area contributed by atoms with E-state index in [1.54, 1.807) is 36.4 Å². The van der Waals surface area contributed by atoms with Crippen LogP contribution in [0.3, 0.4) is 0 Å². The minimum absolute atomic E-state index is 0.0408. The van der Waals surface area contributed by atoms with Gasteiger partial charge in [0.25, 0.3) is 0 Å². The van der Waals surface area contributed by atoms with Gasteiger partial charge in [-0.15, -0.1) is 0 Å². The Balaban J connectivity index is 2.19. The largest absolute Gasteiger partial charge is 0.493 e. The molecule has 104 valence electrons. The Morgan fingerprint density at radius 2 is 1.80 bits per heavy atom. The number of para-hydroxylation sites is 1. The van der Waals surface area contributed by atoms with Crippen LogP contribution < -0.4 is 4.74 Å². The summed E-state index contributed by atoms with van der Waals surface area (Å²) in [5.74, 6) is 0.0744. The van der Waals surface area contributed by atoms with Crippen molar-refractivity contribution in [2.24, 2.45) is 0 Å². The molecular formula is C17H17FO2. The quantitative estimate of drug-likeness (QED) is 0.742. The lowest BCUT2D eigenvalue weighted by molar-refractivity contribution is 0.0988. The molecular weight excluding hydrogens is 255 g/mol. The summed E-state index contributed by atoms with van der Waals surface area (Å²) < 4.78 is 19.1. The lowest BCUT2D eigenvalue weighted by Crippen LogP contribution is -2.08. The van der Waals surface area contributed by atoms with Gasteiger partial charge in [0.15, 0.2) is 5.78 Å². The van der Waals surface area contributed by atoms with Crippen molar-refractivity contribution < 1.29 is 13.9 Å². The van der Waals surface area contributed by atoms with E-state index in [2.05, 4.69) is 0 Å². The number of hydrogen-bond acceptors (Lipinski definition) is 2. The minimum Gasteiger partial charge on any atom is -0.493 e. The Morgan fingerprint density at radius 1 is 1.10 bits per heavy atom. The van der Waals surface area contributed by atoms with Crippen LogP contribution in [0.2, 0.25) is 0 Å². The van der Waals surface area contributed by atoms with Crippen molar-refractivity contribution in [1.29, 1.82) is 0 Å². The summed E-state index contributed by atoms with van der Waals surface area (Å²) in [5, 5.41) is 0. The number of carbonyl (C=O) groups is 1. The Hall–Kier alpha value is -2.16. The third kappa shape index (κ3) is 3.44. The summed E-state index contributed by atoms with van der Waals surface area (Å²) in [7, 11) is 0. The van der Waals surface area contributed by atoms with Crippen LogP contribution in [0.25, 0.3) is 0 Å².